The molecule has 120 valence electrons. The summed E-state index contributed by atoms with van der Waals surface area (Å²) in [7, 11) is 0. The van der Waals surface area contributed by atoms with E-state index in [1.165, 1.54) is 43.4 Å². The number of benzene rings is 2. The van der Waals surface area contributed by atoms with Crippen LogP contribution in [0.1, 0.15) is 0 Å². The standard InChI is InChI=1S/C24H16N2/c1-3-11-25-15-22-18(13-20(25)5-1)9-7-17-8-10-19-14-21-6-2-4-12-26(21)16-23(19)24(17)22/h1-16H/q+2. The molecule has 0 atom stereocenters. The van der Waals surface area contributed by atoms with Crippen LogP contribution >= 0.6 is 0 Å². The second kappa shape index (κ2) is 4.99. The molecule has 0 saturated carbocycles. The van der Waals surface area contributed by atoms with Crippen LogP contribution in [0.5, 0.6) is 0 Å². The van der Waals surface area contributed by atoms with Crippen molar-refractivity contribution >= 4 is 43.4 Å². The van der Waals surface area contributed by atoms with E-state index in [4.69, 9.17) is 0 Å². The Morgan fingerprint density at radius 2 is 1.00 bits per heavy atom. The normalized spacial score (nSPS) is 11.8. The lowest BCUT2D eigenvalue weighted by Crippen LogP contribution is -2.20. The van der Waals surface area contributed by atoms with E-state index in [0.717, 1.165) is 0 Å². The smallest absolute Gasteiger partial charge is 0.167 e. The van der Waals surface area contributed by atoms with Gasteiger partial charge < -0.3 is 0 Å². The molecule has 0 amide bonds. The summed E-state index contributed by atoms with van der Waals surface area (Å²) >= 11 is 0. The molecule has 2 aromatic carbocycles. The molecule has 0 aliphatic heterocycles. The molecule has 4 heterocycles. The van der Waals surface area contributed by atoms with Crippen molar-refractivity contribution in [3.63, 3.8) is 0 Å². The van der Waals surface area contributed by atoms with E-state index in [9.17, 15) is 0 Å². The van der Waals surface area contributed by atoms with Crippen LogP contribution in [-0.2, 0) is 0 Å². The first-order valence-electron chi connectivity index (χ1n) is 8.86. The van der Waals surface area contributed by atoms with E-state index in [1.54, 1.807) is 0 Å². The Bertz CT molecular complexity index is 1370. The van der Waals surface area contributed by atoms with Crippen LogP contribution in [0.15, 0.2) is 97.6 Å². The third-order valence-corrected chi connectivity index (χ3v) is 5.32. The molecule has 4 aromatic heterocycles. The van der Waals surface area contributed by atoms with Gasteiger partial charge in [-0.2, -0.15) is 8.80 Å². The van der Waals surface area contributed by atoms with Crippen molar-refractivity contribution in [2.75, 3.05) is 0 Å². The van der Waals surface area contributed by atoms with Gasteiger partial charge in [-0.05, 0) is 28.3 Å². The lowest BCUT2D eigenvalue weighted by atomic mass is 9.98. The Hall–Kier alpha value is -3.52. The second-order valence-corrected chi connectivity index (χ2v) is 6.85. The molecule has 2 heteroatoms. The van der Waals surface area contributed by atoms with Crippen molar-refractivity contribution in [1.29, 1.82) is 0 Å². The number of pyridine rings is 4. The quantitative estimate of drug-likeness (QED) is 0.218. The summed E-state index contributed by atoms with van der Waals surface area (Å²) in [6.07, 6.45) is 8.74. The molecular weight excluding hydrogens is 316 g/mol. The monoisotopic (exact) mass is 332 g/mol. The van der Waals surface area contributed by atoms with Gasteiger partial charge >= 0.3 is 0 Å². The number of hydrogen-bond donors (Lipinski definition) is 0. The Labute approximate surface area is 150 Å². The van der Waals surface area contributed by atoms with Crippen molar-refractivity contribution in [2.24, 2.45) is 0 Å². The lowest BCUT2D eigenvalue weighted by Gasteiger charge is -2.06. The molecule has 26 heavy (non-hydrogen) atoms. The van der Waals surface area contributed by atoms with Gasteiger partial charge in [-0.15, -0.1) is 0 Å². The maximum absolute atomic E-state index is 2.27. The molecule has 6 aromatic rings. The molecule has 0 fully saturated rings. The van der Waals surface area contributed by atoms with E-state index in [1.807, 2.05) is 0 Å². The number of nitrogens with zero attached hydrogens (tertiary/aromatic N) is 2. The van der Waals surface area contributed by atoms with Gasteiger partial charge in [-0.1, -0.05) is 24.3 Å². The average Bonchev–Trinajstić information content (AvgIpc) is 2.70. The molecule has 0 bridgehead atoms. The maximum Gasteiger partial charge on any atom is 0.211 e. The van der Waals surface area contributed by atoms with Crippen LogP contribution in [0, 0.1) is 0 Å². The fraction of sp³-hybridized carbons (Fsp3) is 0. The summed E-state index contributed by atoms with van der Waals surface area (Å²) in [6.45, 7) is 0. The second-order valence-electron chi connectivity index (χ2n) is 6.85. The molecule has 0 unspecified atom stereocenters. The lowest BCUT2D eigenvalue weighted by molar-refractivity contribution is -0.510. The number of fused-ring (bicyclic) bond motifs is 7. The van der Waals surface area contributed by atoms with Crippen LogP contribution < -0.4 is 8.80 Å². The van der Waals surface area contributed by atoms with Gasteiger partial charge in [0.25, 0.3) is 0 Å². The third-order valence-electron chi connectivity index (χ3n) is 5.32. The van der Waals surface area contributed by atoms with E-state index in [2.05, 4.69) is 106 Å². The van der Waals surface area contributed by atoms with Gasteiger partial charge in [0, 0.05) is 41.8 Å². The van der Waals surface area contributed by atoms with E-state index in [0.29, 0.717) is 0 Å². The highest BCUT2D eigenvalue weighted by molar-refractivity contribution is 6.19. The Morgan fingerprint density at radius 1 is 0.500 bits per heavy atom. The van der Waals surface area contributed by atoms with Gasteiger partial charge in [0.05, 0.1) is 10.8 Å². The SMILES string of the molecule is c1cc[n+]2cc3c(ccc4ccc5cc6cccc[n+]6cc5c43)cc2c1. The van der Waals surface area contributed by atoms with Crippen LogP contribution in [0.2, 0.25) is 0 Å². The van der Waals surface area contributed by atoms with Crippen molar-refractivity contribution in [3.05, 3.63) is 97.6 Å². The minimum atomic E-state index is 1.21. The van der Waals surface area contributed by atoms with Gasteiger partial charge in [0.2, 0.25) is 11.0 Å². The zero-order valence-corrected chi connectivity index (χ0v) is 14.1. The molecule has 2 nitrogen and oxygen atoms in total. The molecule has 0 spiro atoms. The van der Waals surface area contributed by atoms with Gasteiger partial charge in [-0.3, -0.25) is 0 Å². The maximum atomic E-state index is 2.27. The van der Waals surface area contributed by atoms with Gasteiger partial charge in [-0.25, -0.2) is 0 Å². The van der Waals surface area contributed by atoms with Crippen LogP contribution in [0.4, 0.5) is 0 Å². The van der Waals surface area contributed by atoms with E-state index >= 15 is 0 Å². The summed E-state index contributed by atoms with van der Waals surface area (Å²) in [4.78, 5) is 0. The number of hydrogen-bond acceptors (Lipinski definition) is 0. The van der Waals surface area contributed by atoms with Crippen LogP contribution in [0.3, 0.4) is 0 Å². The minimum Gasteiger partial charge on any atom is -0.167 e. The van der Waals surface area contributed by atoms with Gasteiger partial charge in [0.15, 0.2) is 24.8 Å². The average molecular weight is 332 g/mol. The molecule has 0 aliphatic rings. The minimum absolute atomic E-state index is 1.21. The highest BCUT2D eigenvalue weighted by Gasteiger charge is 2.13. The highest BCUT2D eigenvalue weighted by atomic mass is 14.8. The molecule has 0 N–H and O–H groups in total. The number of rotatable bonds is 0. The van der Waals surface area contributed by atoms with Crippen LogP contribution in [0.25, 0.3) is 43.4 Å². The van der Waals surface area contributed by atoms with Gasteiger partial charge in [0.1, 0.15) is 0 Å². The van der Waals surface area contributed by atoms with Crippen molar-refractivity contribution in [2.45, 2.75) is 0 Å². The Kier molecular flexibility index (Phi) is 2.64. The summed E-state index contributed by atoms with van der Waals surface area (Å²) in [5.74, 6) is 0. The van der Waals surface area contributed by atoms with Crippen molar-refractivity contribution in [1.82, 2.24) is 0 Å². The molecule has 0 saturated heterocycles. The fourth-order valence-electron chi connectivity index (χ4n) is 4.05. The zero-order chi connectivity index (χ0) is 17.1. The molecule has 6 rings (SSSR count). The van der Waals surface area contributed by atoms with Crippen LogP contribution in [-0.4, -0.2) is 0 Å². The predicted octanol–water partition coefficient (Wildman–Crippen LogP) is 4.62. The number of aromatic nitrogens is 2. The topological polar surface area (TPSA) is 8.20 Å². The Balaban J connectivity index is 1.88. The van der Waals surface area contributed by atoms with Crippen molar-refractivity contribution < 1.29 is 8.80 Å². The third kappa shape index (κ3) is 1.87. The first kappa shape index (κ1) is 13.7. The summed E-state index contributed by atoms with van der Waals surface area (Å²) < 4.78 is 4.41. The summed E-state index contributed by atoms with van der Waals surface area (Å²) in [6, 6.07) is 26.1. The Morgan fingerprint density at radius 3 is 1.54 bits per heavy atom. The summed E-state index contributed by atoms with van der Waals surface area (Å²) in [5.41, 5.74) is 2.42. The molecule has 0 radical (unpaired) electrons. The highest BCUT2D eigenvalue weighted by Crippen LogP contribution is 2.31. The molecular formula is C24H16N2+2. The first-order valence-corrected chi connectivity index (χ1v) is 8.86. The summed E-state index contributed by atoms with van der Waals surface area (Å²) in [5, 5.41) is 7.71. The van der Waals surface area contributed by atoms with E-state index < -0.39 is 0 Å². The van der Waals surface area contributed by atoms with E-state index in [-0.39, 0.29) is 0 Å². The molecule has 0 aliphatic carbocycles. The fourth-order valence-corrected chi connectivity index (χ4v) is 4.05. The van der Waals surface area contributed by atoms with Crippen molar-refractivity contribution in [3.8, 4) is 0 Å². The first-order chi connectivity index (χ1) is 12.9. The predicted molar refractivity (Wildman–Crippen MR) is 105 cm³/mol. The largest absolute Gasteiger partial charge is 0.211 e. The zero-order valence-electron chi connectivity index (χ0n) is 14.1.